The van der Waals surface area contributed by atoms with Gasteiger partial charge in [-0.25, -0.2) is 0 Å². The van der Waals surface area contributed by atoms with Crippen LogP contribution in [0.5, 0.6) is 0 Å². The molecule has 0 amide bonds. The molecule has 0 atom stereocenters. The molecule has 3 heteroatoms. The maximum absolute atomic E-state index is 5.61. The van der Waals surface area contributed by atoms with Crippen molar-refractivity contribution in [3.8, 4) is 11.1 Å². The van der Waals surface area contributed by atoms with E-state index in [9.17, 15) is 0 Å². The molecule has 0 fully saturated rings. The highest BCUT2D eigenvalue weighted by molar-refractivity contribution is 6.15. The van der Waals surface area contributed by atoms with Gasteiger partial charge in [0.05, 0.1) is 0 Å². The molecule has 0 heterocycles. The van der Waals surface area contributed by atoms with Crippen molar-refractivity contribution in [3.63, 3.8) is 0 Å². The summed E-state index contributed by atoms with van der Waals surface area (Å²) < 4.78 is 0. The van der Waals surface area contributed by atoms with Crippen molar-refractivity contribution >= 4 is 23.0 Å². The number of rotatable bonds is 1. The summed E-state index contributed by atoms with van der Waals surface area (Å²) in [6, 6.07) is 15.6. The minimum absolute atomic E-state index is 0.782. The predicted molar refractivity (Wildman–Crippen MR) is 72.5 cm³/mol. The standard InChI is InChI=1S/C12H12N2.CH3Cl/c13-11-5-1-9(2-6-11)10-3-7-12(14)8-4-10;1-2/h1-8H,13-14H2;1H3. The van der Waals surface area contributed by atoms with Crippen LogP contribution in [0.25, 0.3) is 11.1 Å². The van der Waals surface area contributed by atoms with E-state index >= 15 is 0 Å². The zero-order valence-corrected chi connectivity index (χ0v) is 9.91. The topological polar surface area (TPSA) is 52.0 Å². The summed E-state index contributed by atoms with van der Waals surface area (Å²) in [4.78, 5) is 0. The molecule has 2 aromatic rings. The Morgan fingerprint density at radius 3 is 1.12 bits per heavy atom. The quantitative estimate of drug-likeness (QED) is 0.587. The van der Waals surface area contributed by atoms with Crippen molar-refractivity contribution < 1.29 is 0 Å². The summed E-state index contributed by atoms with van der Waals surface area (Å²) in [5.41, 5.74) is 15.1. The van der Waals surface area contributed by atoms with Gasteiger partial charge in [-0.1, -0.05) is 24.3 Å². The van der Waals surface area contributed by atoms with Crippen LogP contribution in [0, 0.1) is 0 Å². The normalized spacial score (nSPS) is 9.12. The molecule has 0 unspecified atom stereocenters. The van der Waals surface area contributed by atoms with Gasteiger partial charge in [0.15, 0.2) is 0 Å². The van der Waals surface area contributed by atoms with Crippen molar-refractivity contribution in [2.45, 2.75) is 0 Å². The minimum Gasteiger partial charge on any atom is -0.399 e. The highest BCUT2D eigenvalue weighted by Crippen LogP contribution is 2.21. The molecule has 16 heavy (non-hydrogen) atoms. The van der Waals surface area contributed by atoms with Crippen LogP contribution >= 0.6 is 11.6 Å². The Kier molecular flexibility index (Phi) is 4.67. The Morgan fingerprint density at radius 2 is 0.875 bits per heavy atom. The van der Waals surface area contributed by atoms with E-state index in [1.54, 1.807) is 0 Å². The van der Waals surface area contributed by atoms with E-state index in [4.69, 9.17) is 11.5 Å². The van der Waals surface area contributed by atoms with Crippen LogP contribution < -0.4 is 11.5 Å². The van der Waals surface area contributed by atoms with Crippen molar-refractivity contribution in [1.29, 1.82) is 0 Å². The zero-order valence-electron chi connectivity index (χ0n) is 9.15. The average Bonchev–Trinajstić information content (AvgIpc) is 2.34. The van der Waals surface area contributed by atoms with E-state index in [0.29, 0.717) is 0 Å². The zero-order chi connectivity index (χ0) is 12.0. The van der Waals surface area contributed by atoms with Gasteiger partial charge >= 0.3 is 0 Å². The minimum atomic E-state index is 0.782. The van der Waals surface area contributed by atoms with Gasteiger partial charge in [0, 0.05) is 17.8 Å². The van der Waals surface area contributed by atoms with Gasteiger partial charge in [-0.3, -0.25) is 0 Å². The van der Waals surface area contributed by atoms with E-state index in [1.807, 2.05) is 48.5 Å². The SMILES string of the molecule is CCl.Nc1ccc(-c2ccc(N)cc2)cc1. The molecule has 2 aromatic carbocycles. The Balaban J connectivity index is 0.000000606. The fraction of sp³-hybridized carbons (Fsp3) is 0.0769. The van der Waals surface area contributed by atoms with Crippen LogP contribution in [0.4, 0.5) is 11.4 Å². The first-order valence-corrected chi connectivity index (χ1v) is 5.60. The predicted octanol–water partition coefficient (Wildman–Crippen LogP) is 3.37. The smallest absolute Gasteiger partial charge is 0.0314 e. The van der Waals surface area contributed by atoms with Gasteiger partial charge in [-0.15, -0.1) is 11.6 Å². The highest BCUT2D eigenvalue weighted by atomic mass is 35.5. The lowest BCUT2D eigenvalue weighted by Crippen LogP contribution is -1.85. The fourth-order valence-electron chi connectivity index (χ4n) is 1.35. The van der Waals surface area contributed by atoms with E-state index in [0.717, 1.165) is 22.5 Å². The van der Waals surface area contributed by atoms with Crippen LogP contribution in [0.3, 0.4) is 0 Å². The summed E-state index contributed by atoms with van der Waals surface area (Å²) in [6.07, 6.45) is 1.47. The Bertz CT molecular complexity index is 377. The van der Waals surface area contributed by atoms with Crippen molar-refractivity contribution in [3.05, 3.63) is 48.5 Å². The largest absolute Gasteiger partial charge is 0.399 e. The third-order valence-electron chi connectivity index (χ3n) is 2.15. The third-order valence-corrected chi connectivity index (χ3v) is 2.15. The summed E-state index contributed by atoms with van der Waals surface area (Å²) >= 11 is 4.64. The first-order chi connectivity index (χ1) is 7.75. The first kappa shape index (κ1) is 12.4. The molecule has 84 valence electrons. The average molecular weight is 235 g/mol. The van der Waals surface area contributed by atoms with E-state index in [1.165, 1.54) is 6.38 Å². The summed E-state index contributed by atoms with van der Waals surface area (Å²) in [7, 11) is 0. The van der Waals surface area contributed by atoms with Gasteiger partial charge in [-0.05, 0) is 35.4 Å². The van der Waals surface area contributed by atoms with Crippen LogP contribution in [0.1, 0.15) is 0 Å². The number of halogens is 1. The lowest BCUT2D eigenvalue weighted by Gasteiger charge is -2.02. The third kappa shape index (κ3) is 3.17. The van der Waals surface area contributed by atoms with Crippen LogP contribution in [0.2, 0.25) is 0 Å². The molecule has 0 radical (unpaired) electrons. The lowest BCUT2D eigenvalue weighted by molar-refractivity contribution is 1.61. The number of benzene rings is 2. The van der Waals surface area contributed by atoms with Gasteiger partial charge in [0.1, 0.15) is 0 Å². The van der Waals surface area contributed by atoms with Crippen LogP contribution in [0.15, 0.2) is 48.5 Å². The summed E-state index contributed by atoms with van der Waals surface area (Å²) in [5.74, 6) is 0. The molecule has 0 saturated carbocycles. The van der Waals surface area contributed by atoms with E-state index in [2.05, 4.69) is 11.6 Å². The molecular weight excluding hydrogens is 220 g/mol. The maximum Gasteiger partial charge on any atom is 0.0314 e. The lowest BCUT2D eigenvalue weighted by atomic mass is 10.1. The Hall–Kier alpha value is -1.67. The molecule has 0 spiro atoms. The fourth-order valence-corrected chi connectivity index (χ4v) is 1.35. The molecule has 4 N–H and O–H groups in total. The van der Waals surface area contributed by atoms with E-state index in [-0.39, 0.29) is 0 Å². The molecule has 0 saturated heterocycles. The van der Waals surface area contributed by atoms with Crippen LogP contribution in [-0.2, 0) is 0 Å². The molecule has 2 nitrogen and oxygen atoms in total. The summed E-state index contributed by atoms with van der Waals surface area (Å²) in [5, 5.41) is 0. The Morgan fingerprint density at radius 1 is 0.625 bits per heavy atom. The van der Waals surface area contributed by atoms with Gasteiger partial charge < -0.3 is 11.5 Å². The van der Waals surface area contributed by atoms with Crippen LogP contribution in [-0.4, -0.2) is 6.38 Å². The Labute approximate surface area is 101 Å². The monoisotopic (exact) mass is 234 g/mol. The van der Waals surface area contributed by atoms with Crippen molar-refractivity contribution in [2.75, 3.05) is 17.9 Å². The molecular formula is C13H15ClN2. The van der Waals surface area contributed by atoms with Crippen molar-refractivity contribution in [1.82, 2.24) is 0 Å². The second-order valence-corrected chi connectivity index (χ2v) is 3.24. The molecule has 0 bridgehead atoms. The molecule has 0 aromatic heterocycles. The number of nitrogens with two attached hydrogens (primary N) is 2. The molecule has 0 aliphatic rings. The second-order valence-electron chi connectivity index (χ2n) is 3.24. The van der Waals surface area contributed by atoms with Gasteiger partial charge in [0.2, 0.25) is 0 Å². The number of hydrogen-bond acceptors (Lipinski definition) is 2. The number of nitrogen functional groups attached to an aromatic ring is 2. The molecule has 2 rings (SSSR count). The molecule has 0 aliphatic carbocycles. The van der Waals surface area contributed by atoms with Crippen molar-refractivity contribution in [2.24, 2.45) is 0 Å². The number of hydrogen-bond donors (Lipinski definition) is 2. The summed E-state index contributed by atoms with van der Waals surface area (Å²) in [6.45, 7) is 0. The number of anilines is 2. The van der Waals surface area contributed by atoms with Gasteiger partial charge in [-0.2, -0.15) is 0 Å². The molecule has 0 aliphatic heterocycles. The second kappa shape index (κ2) is 6.03. The first-order valence-electron chi connectivity index (χ1n) is 4.85. The van der Waals surface area contributed by atoms with E-state index < -0.39 is 0 Å². The maximum atomic E-state index is 5.61. The number of alkyl halides is 1. The highest BCUT2D eigenvalue weighted by Gasteiger charge is 1.95. The van der Waals surface area contributed by atoms with Gasteiger partial charge in [0.25, 0.3) is 0 Å².